The number of rotatable bonds is 8. The van der Waals surface area contributed by atoms with Crippen molar-refractivity contribution < 1.29 is 4.79 Å². The molecule has 0 saturated heterocycles. The highest BCUT2D eigenvalue weighted by molar-refractivity contribution is 5.77. The summed E-state index contributed by atoms with van der Waals surface area (Å²) in [6.07, 6.45) is 3.93. The molecular formula is C18H28N2O. The third-order valence-corrected chi connectivity index (χ3v) is 4.11. The smallest absolute Gasteiger partial charge is 0.223 e. The molecule has 1 amide bonds. The van der Waals surface area contributed by atoms with Crippen molar-refractivity contribution in [1.29, 1.82) is 0 Å². The van der Waals surface area contributed by atoms with E-state index >= 15 is 0 Å². The SMILES string of the molecule is CC(C)C[C@H](CN)CC(=O)N(Cc1ccccc1)C1CC1. The predicted molar refractivity (Wildman–Crippen MR) is 86.6 cm³/mol. The normalized spacial score (nSPS) is 16.0. The number of hydrogen-bond acceptors (Lipinski definition) is 2. The Bertz CT molecular complexity index is 440. The van der Waals surface area contributed by atoms with E-state index in [1.54, 1.807) is 0 Å². The highest BCUT2D eigenvalue weighted by Gasteiger charge is 2.33. The van der Waals surface area contributed by atoms with Gasteiger partial charge in [0, 0.05) is 19.0 Å². The average molecular weight is 288 g/mol. The van der Waals surface area contributed by atoms with Crippen LogP contribution >= 0.6 is 0 Å². The first-order valence-electron chi connectivity index (χ1n) is 8.13. The second-order valence-electron chi connectivity index (χ2n) is 6.67. The van der Waals surface area contributed by atoms with Crippen LogP contribution < -0.4 is 5.73 Å². The van der Waals surface area contributed by atoms with Crippen LogP contribution in [0.4, 0.5) is 0 Å². The fourth-order valence-electron chi connectivity index (χ4n) is 2.88. The summed E-state index contributed by atoms with van der Waals surface area (Å²) in [7, 11) is 0. The fourth-order valence-corrected chi connectivity index (χ4v) is 2.88. The first kappa shape index (κ1) is 16.0. The van der Waals surface area contributed by atoms with Gasteiger partial charge in [0.2, 0.25) is 5.91 Å². The average Bonchev–Trinajstić information content (AvgIpc) is 3.29. The number of carbonyl (C=O) groups is 1. The standard InChI is InChI=1S/C18H28N2O/c1-14(2)10-16(12-19)11-18(21)20(17-8-9-17)13-15-6-4-3-5-7-15/h3-7,14,16-17H,8-13,19H2,1-2H3/t16-/m0/s1. The zero-order valence-corrected chi connectivity index (χ0v) is 13.3. The van der Waals surface area contributed by atoms with Crippen LogP contribution in [-0.2, 0) is 11.3 Å². The van der Waals surface area contributed by atoms with Crippen LogP contribution in [0.2, 0.25) is 0 Å². The zero-order valence-electron chi connectivity index (χ0n) is 13.3. The van der Waals surface area contributed by atoms with Gasteiger partial charge in [0.05, 0.1) is 0 Å². The minimum absolute atomic E-state index is 0.275. The summed E-state index contributed by atoms with van der Waals surface area (Å²) < 4.78 is 0. The number of nitrogens with two attached hydrogens (primary N) is 1. The Kier molecular flexibility index (Phi) is 5.80. The summed E-state index contributed by atoms with van der Waals surface area (Å²) in [5.74, 6) is 1.18. The Morgan fingerprint density at radius 3 is 2.48 bits per heavy atom. The molecule has 0 spiro atoms. The molecule has 2 rings (SSSR count). The molecule has 3 heteroatoms. The molecular weight excluding hydrogens is 260 g/mol. The molecule has 2 N–H and O–H groups in total. The van der Waals surface area contributed by atoms with Crippen LogP contribution in [0, 0.1) is 11.8 Å². The van der Waals surface area contributed by atoms with Gasteiger partial charge in [-0.1, -0.05) is 44.2 Å². The molecule has 21 heavy (non-hydrogen) atoms. The van der Waals surface area contributed by atoms with E-state index in [1.807, 2.05) is 18.2 Å². The highest BCUT2D eigenvalue weighted by Crippen LogP contribution is 2.30. The minimum atomic E-state index is 0.275. The van der Waals surface area contributed by atoms with E-state index in [0.717, 1.165) is 25.8 Å². The van der Waals surface area contributed by atoms with Crippen molar-refractivity contribution in [3.63, 3.8) is 0 Å². The summed E-state index contributed by atoms with van der Waals surface area (Å²) in [4.78, 5) is 14.7. The highest BCUT2D eigenvalue weighted by atomic mass is 16.2. The van der Waals surface area contributed by atoms with Gasteiger partial charge >= 0.3 is 0 Å². The van der Waals surface area contributed by atoms with Crippen LogP contribution in [0.3, 0.4) is 0 Å². The topological polar surface area (TPSA) is 46.3 Å². The molecule has 0 aromatic heterocycles. The number of nitrogens with zero attached hydrogens (tertiary/aromatic N) is 1. The summed E-state index contributed by atoms with van der Waals surface area (Å²) in [6, 6.07) is 10.7. The lowest BCUT2D eigenvalue weighted by Crippen LogP contribution is -2.35. The van der Waals surface area contributed by atoms with Crippen LogP contribution in [-0.4, -0.2) is 23.4 Å². The summed E-state index contributed by atoms with van der Waals surface area (Å²) in [5.41, 5.74) is 7.06. The van der Waals surface area contributed by atoms with Gasteiger partial charge in [-0.3, -0.25) is 4.79 Å². The molecule has 1 fully saturated rings. The van der Waals surface area contributed by atoms with Crippen molar-refractivity contribution in [2.24, 2.45) is 17.6 Å². The molecule has 3 nitrogen and oxygen atoms in total. The van der Waals surface area contributed by atoms with Crippen LogP contribution in [0.15, 0.2) is 30.3 Å². The molecule has 0 radical (unpaired) electrons. The van der Waals surface area contributed by atoms with Gasteiger partial charge in [-0.25, -0.2) is 0 Å². The molecule has 1 aromatic carbocycles. The first-order valence-corrected chi connectivity index (χ1v) is 8.13. The third-order valence-electron chi connectivity index (χ3n) is 4.11. The quantitative estimate of drug-likeness (QED) is 0.798. The molecule has 0 bridgehead atoms. The first-order chi connectivity index (χ1) is 10.1. The van der Waals surface area contributed by atoms with Crippen LogP contribution in [0.5, 0.6) is 0 Å². The summed E-state index contributed by atoms with van der Waals surface area (Å²) in [5, 5.41) is 0. The van der Waals surface area contributed by atoms with E-state index in [-0.39, 0.29) is 5.91 Å². The second-order valence-corrected chi connectivity index (χ2v) is 6.67. The van der Waals surface area contributed by atoms with Crippen LogP contribution in [0.25, 0.3) is 0 Å². The van der Waals surface area contributed by atoms with E-state index in [4.69, 9.17) is 5.73 Å². The van der Waals surface area contributed by atoms with Gasteiger partial charge in [0.1, 0.15) is 0 Å². The minimum Gasteiger partial charge on any atom is -0.335 e. The molecule has 1 aliphatic carbocycles. The number of amides is 1. The molecule has 0 heterocycles. The van der Waals surface area contributed by atoms with E-state index < -0.39 is 0 Å². The van der Waals surface area contributed by atoms with Crippen molar-refractivity contribution in [2.75, 3.05) is 6.54 Å². The molecule has 0 unspecified atom stereocenters. The Morgan fingerprint density at radius 1 is 1.29 bits per heavy atom. The van der Waals surface area contributed by atoms with Gasteiger partial charge in [-0.2, -0.15) is 0 Å². The zero-order chi connectivity index (χ0) is 15.2. The van der Waals surface area contributed by atoms with Gasteiger partial charge in [0.15, 0.2) is 0 Å². The van der Waals surface area contributed by atoms with Crippen LogP contribution in [0.1, 0.15) is 45.1 Å². The van der Waals surface area contributed by atoms with Gasteiger partial charge in [-0.15, -0.1) is 0 Å². The monoisotopic (exact) mass is 288 g/mol. The van der Waals surface area contributed by atoms with E-state index in [9.17, 15) is 4.79 Å². The Balaban J connectivity index is 1.96. The van der Waals surface area contributed by atoms with E-state index in [1.165, 1.54) is 5.56 Å². The van der Waals surface area contributed by atoms with Crippen molar-refractivity contribution in [2.45, 2.75) is 52.1 Å². The Labute approximate surface area is 128 Å². The summed E-state index contributed by atoms with van der Waals surface area (Å²) >= 11 is 0. The van der Waals surface area contributed by atoms with E-state index in [2.05, 4.69) is 30.9 Å². The number of carbonyl (C=O) groups excluding carboxylic acids is 1. The lowest BCUT2D eigenvalue weighted by atomic mass is 9.93. The maximum atomic E-state index is 12.7. The third kappa shape index (κ3) is 5.16. The molecule has 1 saturated carbocycles. The largest absolute Gasteiger partial charge is 0.335 e. The Hall–Kier alpha value is -1.35. The second kappa shape index (κ2) is 7.60. The maximum absolute atomic E-state index is 12.7. The van der Waals surface area contributed by atoms with Crippen molar-refractivity contribution in [3.05, 3.63) is 35.9 Å². The van der Waals surface area contributed by atoms with Gasteiger partial charge < -0.3 is 10.6 Å². The van der Waals surface area contributed by atoms with Crippen molar-refractivity contribution in [1.82, 2.24) is 4.90 Å². The molecule has 1 aliphatic rings. The lowest BCUT2D eigenvalue weighted by molar-refractivity contribution is -0.133. The number of hydrogen-bond donors (Lipinski definition) is 1. The summed E-state index contributed by atoms with van der Waals surface area (Å²) in [6.45, 7) is 5.72. The molecule has 116 valence electrons. The maximum Gasteiger partial charge on any atom is 0.223 e. The van der Waals surface area contributed by atoms with Crippen molar-refractivity contribution in [3.8, 4) is 0 Å². The van der Waals surface area contributed by atoms with Gasteiger partial charge in [0.25, 0.3) is 0 Å². The van der Waals surface area contributed by atoms with Gasteiger partial charge in [-0.05, 0) is 43.2 Å². The van der Waals surface area contributed by atoms with E-state index in [0.29, 0.717) is 30.8 Å². The van der Waals surface area contributed by atoms with Crippen molar-refractivity contribution >= 4 is 5.91 Å². The lowest BCUT2D eigenvalue weighted by Gasteiger charge is -2.25. The fraction of sp³-hybridized carbons (Fsp3) is 0.611. The molecule has 0 aliphatic heterocycles. The Morgan fingerprint density at radius 2 is 1.95 bits per heavy atom. The molecule has 1 atom stereocenters. The number of benzene rings is 1. The predicted octanol–water partition coefficient (Wildman–Crippen LogP) is 3.19. The molecule has 1 aromatic rings.